The van der Waals surface area contributed by atoms with Crippen LogP contribution in [0.1, 0.15) is 18.6 Å². The number of hydrogen-bond acceptors (Lipinski definition) is 6. The Morgan fingerprint density at radius 1 is 1.30 bits per heavy atom. The third-order valence-electron chi connectivity index (χ3n) is 2.93. The third-order valence-corrected chi connectivity index (χ3v) is 2.93. The number of ketones is 1. The van der Waals surface area contributed by atoms with Crippen LogP contribution in [-0.4, -0.2) is 24.8 Å². The quantitative estimate of drug-likeness (QED) is 0.762. The minimum absolute atomic E-state index is 0.161. The van der Waals surface area contributed by atoms with Gasteiger partial charge in [-0.3, -0.25) is 9.59 Å². The summed E-state index contributed by atoms with van der Waals surface area (Å²) in [4.78, 5) is 22.8. The van der Waals surface area contributed by atoms with Crippen molar-refractivity contribution in [2.75, 3.05) is 6.79 Å². The van der Waals surface area contributed by atoms with E-state index in [0.29, 0.717) is 17.1 Å². The van der Waals surface area contributed by atoms with Crippen LogP contribution in [-0.2, 0) is 19.1 Å². The monoisotopic (exact) mass is 276 g/mol. The Bertz CT molecular complexity index is 591. The lowest BCUT2D eigenvalue weighted by molar-refractivity contribution is -0.180. The van der Waals surface area contributed by atoms with Crippen molar-refractivity contribution in [3.63, 3.8) is 0 Å². The molecular weight excluding hydrogens is 264 g/mol. The zero-order chi connectivity index (χ0) is 14.1. The number of carbonyl (C=O) groups excluding carboxylic acids is 2. The number of hydrogen-bond donors (Lipinski definition) is 0. The van der Waals surface area contributed by atoms with Crippen LogP contribution >= 0.6 is 0 Å². The Balaban J connectivity index is 1.84. The molecule has 2 atom stereocenters. The molecule has 2 aliphatic rings. The van der Waals surface area contributed by atoms with E-state index in [0.717, 1.165) is 0 Å². The van der Waals surface area contributed by atoms with E-state index in [4.69, 9.17) is 18.9 Å². The summed E-state index contributed by atoms with van der Waals surface area (Å²) in [5, 5.41) is 0. The molecule has 0 radical (unpaired) electrons. The Hall–Kier alpha value is -2.34. The van der Waals surface area contributed by atoms with Gasteiger partial charge in [-0.15, -0.1) is 0 Å². The lowest BCUT2D eigenvalue weighted by atomic mass is 10.0. The molecule has 0 N–H and O–H groups in total. The van der Waals surface area contributed by atoms with Crippen LogP contribution in [0.5, 0.6) is 11.5 Å². The van der Waals surface area contributed by atoms with Crippen LogP contribution in [0.3, 0.4) is 0 Å². The van der Waals surface area contributed by atoms with Crippen molar-refractivity contribution in [2.24, 2.45) is 0 Å². The van der Waals surface area contributed by atoms with E-state index in [1.54, 1.807) is 18.2 Å². The maximum absolute atomic E-state index is 11.9. The standard InChI is InChI=1S/C14H12O6/c1-8(15)19-13-5-3-10(16)14(20-13)9-2-4-11-12(6-9)18-7-17-11/h2-6,13-14H,7H2,1H3. The molecule has 0 bridgehead atoms. The number of ether oxygens (including phenoxy) is 4. The molecule has 0 aromatic heterocycles. The maximum Gasteiger partial charge on any atom is 0.305 e. The molecule has 1 aromatic rings. The second kappa shape index (κ2) is 4.97. The second-order valence-corrected chi connectivity index (χ2v) is 4.37. The van der Waals surface area contributed by atoms with Gasteiger partial charge in [-0.2, -0.15) is 0 Å². The Morgan fingerprint density at radius 3 is 2.90 bits per heavy atom. The molecule has 6 nitrogen and oxygen atoms in total. The Kier molecular flexibility index (Phi) is 3.15. The predicted molar refractivity (Wildman–Crippen MR) is 66.1 cm³/mol. The molecule has 3 rings (SSSR count). The van der Waals surface area contributed by atoms with Gasteiger partial charge in [-0.05, 0) is 29.8 Å². The highest BCUT2D eigenvalue weighted by molar-refractivity contribution is 5.95. The number of carbonyl (C=O) groups is 2. The highest BCUT2D eigenvalue weighted by Crippen LogP contribution is 2.36. The van der Waals surface area contributed by atoms with Crippen molar-refractivity contribution in [3.05, 3.63) is 35.9 Å². The van der Waals surface area contributed by atoms with Crippen molar-refractivity contribution >= 4 is 11.8 Å². The molecular formula is C14H12O6. The van der Waals surface area contributed by atoms with Gasteiger partial charge in [0.05, 0.1) is 0 Å². The molecule has 2 aliphatic heterocycles. The summed E-state index contributed by atoms with van der Waals surface area (Å²) in [6, 6.07) is 5.13. The molecule has 1 aromatic carbocycles. The van der Waals surface area contributed by atoms with Gasteiger partial charge < -0.3 is 18.9 Å². The van der Waals surface area contributed by atoms with Gasteiger partial charge in [-0.1, -0.05) is 6.07 Å². The molecule has 0 fully saturated rings. The fourth-order valence-electron chi connectivity index (χ4n) is 2.06. The number of esters is 1. The number of rotatable bonds is 2. The molecule has 0 spiro atoms. The summed E-state index contributed by atoms with van der Waals surface area (Å²) in [7, 11) is 0. The van der Waals surface area contributed by atoms with Crippen molar-refractivity contribution in [3.8, 4) is 11.5 Å². The fraction of sp³-hybridized carbons (Fsp3) is 0.286. The zero-order valence-corrected chi connectivity index (χ0v) is 10.7. The summed E-state index contributed by atoms with van der Waals surface area (Å²) >= 11 is 0. The van der Waals surface area contributed by atoms with Crippen molar-refractivity contribution in [1.82, 2.24) is 0 Å². The maximum atomic E-state index is 11.9. The largest absolute Gasteiger partial charge is 0.454 e. The highest BCUT2D eigenvalue weighted by atomic mass is 16.7. The molecule has 6 heteroatoms. The molecule has 0 aliphatic carbocycles. The van der Waals surface area contributed by atoms with Gasteiger partial charge in [0, 0.05) is 6.92 Å². The van der Waals surface area contributed by atoms with Gasteiger partial charge in [0.1, 0.15) is 6.10 Å². The molecule has 0 saturated carbocycles. The van der Waals surface area contributed by atoms with Crippen LogP contribution in [0.15, 0.2) is 30.4 Å². The van der Waals surface area contributed by atoms with Crippen LogP contribution in [0.4, 0.5) is 0 Å². The highest BCUT2D eigenvalue weighted by Gasteiger charge is 2.29. The van der Waals surface area contributed by atoms with Gasteiger partial charge >= 0.3 is 5.97 Å². The first kappa shape index (κ1) is 12.7. The average molecular weight is 276 g/mol. The van der Waals surface area contributed by atoms with Crippen LogP contribution in [0.2, 0.25) is 0 Å². The first-order valence-corrected chi connectivity index (χ1v) is 6.08. The van der Waals surface area contributed by atoms with E-state index >= 15 is 0 Å². The lowest BCUT2D eigenvalue weighted by Crippen LogP contribution is -2.28. The van der Waals surface area contributed by atoms with Crippen LogP contribution in [0, 0.1) is 0 Å². The Morgan fingerprint density at radius 2 is 2.10 bits per heavy atom. The van der Waals surface area contributed by atoms with E-state index in [1.165, 1.54) is 19.1 Å². The zero-order valence-electron chi connectivity index (χ0n) is 10.7. The SMILES string of the molecule is CC(=O)OC1C=CC(=O)C(c2ccc3c(c2)OCO3)O1. The van der Waals surface area contributed by atoms with Crippen molar-refractivity contribution in [2.45, 2.75) is 19.3 Å². The summed E-state index contributed by atoms with van der Waals surface area (Å²) in [5.74, 6) is 0.507. The lowest BCUT2D eigenvalue weighted by Gasteiger charge is -2.24. The van der Waals surface area contributed by atoms with Crippen molar-refractivity contribution < 1.29 is 28.5 Å². The van der Waals surface area contributed by atoms with Gasteiger partial charge in [0.2, 0.25) is 13.1 Å². The molecule has 104 valence electrons. The summed E-state index contributed by atoms with van der Waals surface area (Å²) < 4.78 is 20.9. The second-order valence-electron chi connectivity index (χ2n) is 4.37. The normalized spacial score (nSPS) is 23.8. The van der Waals surface area contributed by atoms with Gasteiger partial charge in [-0.25, -0.2) is 0 Å². The molecule has 0 amide bonds. The molecule has 2 heterocycles. The first-order valence-electron chi connectivity index (χ1n) is 6.08. The summed E-state index contributed by atoms with van der Waals surface area (Å²) in [6.07, 6.45) is 1.08. The minimum atomic E-state index is -0.861. The first-order chi connectivity index (χ1) is 9.63. The predicted octanol–water partition coefficient (Wildman–Crippen LogP) is 1.50. The summed E-state index contributed by atoms with van der Waals surface area (Å²) in [6.45, 7) is 1.44. The van der Waals surface area contributed by atoms with Crippen LogP contribution in [0.25, 0.3) is 0 Å². The third kappa shape index (κ3) is 2.37. The van der Waals surface area contributed by atoms with Gasteiger partial charge in [0.15, 0.2) is 17.3 Å². The average Bonchev–Trinajstić information content (AvgIpc) is 2.87. The minimum Gasteiger partial charge on any atom is -0.454 e. The molecule has 2 unspecified atom stereocenters. The van der Waals surface area contributed by atoms with Crippen LogP contribution < -0.4 is 9.47 Å². The van der Waals surface area contributed by atoms with E-state index in [1.807, 2.05) is 0 Å². The van der Waals surface area contributed by atoms with Gasteiger partial charge in [0.25, 0.3) is 0 Å². The van der Waals surface area contributed by atoms with Crippen molar-refractivity contribution in [1.29, 1.82) is 0 Å². The Labute approximate surface area is 114 Å². The number of fused-ring (bicyclic) bond motifs is 1. The van der Waals surface area contributed by atoms with E-state index < -0.39 is 18.4 Å². The topological polar surface area (TPSA) is 71.1 Å². The number of benzene rings is 1. The van der Waals surface area contributed by atoms with E-state index in [-0.39, 0.29) is 12.6 Å². The molecule has 20 heavy (non-hydrogen) atoms. The fourth-order valence-corrected chi connectivity index (χ4v) is 2.06. The molecule has 0 saturated heterocycles. The smallest absolute Gasteiger partial charge is 0.305 e. The summed E-state index contributed by atoms with van der Waals surface area (Å²) in [5.41, 5.74) is 0.626. The van der Waals surface area contributed by atoms with E-state index in [9.17, 15) is 9.59 Å². The van der Waals surface area contributed by atoms with E-state index in [2.05, 4.69) is 0 Å².